The van der Waals surface area contributed by atoms with Gasteiger partial charge in [0.2, 0.25) is 0 Å². The van der Waals surface area contributed by atoms with E-state index < -0.39 is 0 Å². The summed E-state index contributed by atoms with van der Waals surface area (Å²) in [6.07, 6.45) is 25.0. The van der Waals surface area contributed by atoms with E-state index in [4.69, 9.17) is 21.1 Å². The van der Waals surface area contributed by atoms with Gasteiger partial charge in [-0.3, -0.25) is 9.98 Å². The van der Waals surface area contributed by atoms with Crippen molar-refractivity contribution in [2.75, 3.05) is 6.54 Å². The predicted octanol–water partition coefficient (Wildman–Crippen LogP) is 8.95. The van der Waals surface area contributed by atoms with Crippen LogP contribution in [0, 0.1) is 12.3 Å². The van der Waals surface area contributed by atoms with E-state index >= 15 is 0 Å². The van der Waals surface area contributed by atoms with Crippen molar-refractivity contribution in [2.45, 2.75) is 67.2 Å². The second-order valence-corrected chi connectivity index (χ2v) is 8.32. The molecule has 1 aromatic rings. The third-order valence-corrected chi connectivity index (χ3v) is 5.55. The zero-order valence-corrected chi connectivity index (χ0v) is 23.0. The molecule has 0 aromatic heterocycles. The van der Waals surface area contributed by atoms with Crippen LogP contribution < -0.4 is 4.74 Å². The molecule has 36 heavy (non-hydrogen) atoms. The highest BCUT2D eigenvalue weighted by atomic mass is 16.5. The van der Waals surface area contributed by atoms with Crippen molar-refractivity contribution in [3.63, 3.8) is 0 Å². The first-order valence-electron chi connectivity index (χ1n) is 12.8. The molecule has 0 spiro atoms. The third-order valence-electron chi connectivity index (χ3n) is 5.55. The van der Waals surface area contributed by atoms with Crippen molar-refractivity contribution in [1.82, 2.24) is 0 Å². The first-order valence-corrected chi connectivity index (χ1v) is 12.8. The van der Waals surface area contributed by atoms with Crippen molar-refractivity contribution < 1.29 is 4.74 Å². The summed E-state index contributed by atoms with van der Waals surface area (Å²) < 4.78 is 6.20. The van der Waals surface area contributed by atoms with Crippen molar-refractivity contribution in [2.24, 2.45) is 9.98 Å². The molecule has 0 heterocycles. The lowest BCUT2D eigenvalue weighted by atomic mass is 10.0. The van der Waals surface area contributed by atoms with Crippen LogP contribution in [-0.2, 0) is 0 Å². The lowest BCUT2D eigenvalue weighted by Crippen LogP contribution is -2.05. The molecule has 3 nitrogen and oxygen atoms in total. The van der Waals surface area contributed by atoms with Crippen molar-refractivity contribution in [3.05, 3.63) is 102 Å². The van der Waals surface area contributed by atoms with E-state index in [-0.39, 0.29) is 0 Å². The predicted molar refractivity (Wildman–Crippen MR) is 159 cm³/mol. The highest BCUT2D eigenvalue weighted by molar-refractivity contribution is 6.10. The van der Waals surface area contributed by atoms with Gasteiger partial charge in [0.25, 0.3) is 0 Å². The summed E-state index contributed by atoms with van der Waals surface area (Å²) >= 11 is 0. The minimum absolute atomic E-state index is 0.679. The number of allylic oxidation sites excluding steroid dienone is 9. The molecule has 0 unspecified atom stereocenters. The maximum Gasteiger partial charge on any atom is 0.136 e. The van der Waals surface area contributed by atoms with Crippen molar-refractivity contribution in [3.8, 4) is 18.1 Å². The number of rotatable bonds is 14. The summed E-state index contributed by atoms with van der Waals surface area (Å²) in [7, 11) is 0. The van der Waals surface area contributed by atoms with E-state index in [1.165, 1.54) is 5.57 Å². The number of nitrogens with zero attached hydrogens (tertiary/aromatic N) is 2. The minimum atomic E-state index is 0.679. The van der Waals surface area contributed by atoms with E-state index in [1.54, 1.807) is 12.3 Å². The van der Waals surface area contributed by atoms with Crippen LogP contribution in [0.2, 0.25) is 0 Å². The molecule has 0 saturated carbocycles. The molecule has 0 radical (unpaired) electrons. The standard InChI is InChI=1S/C33H42N2O/c1-9-15-17-18-29(27(8)12-4)32(34-14-6)22-23-36-33-24-28(13-5)20-21-30(33)31(19-16-10-2)35-25-26(7)11-3/h5,9,11,15,17-18,20-25H,3,10,12,14,16,19H2,1-2,4,6-8H3/b15-9-,18-17-,23-22+,26-25-,29-27-,34-32+,35-31+. The fourth-order valence-electron chi connectivity index (χ4n) is 3.26. The lowest BCUT2D eigenvalue weighted by Gasteiger charge is -2.12. The van der Waals surface area contributed by atoms with Crippen LogP contribution in [0.5, 0.6) is 5.75 Å². The average molecular weight is 483 g/mol. The first kappa shape index (κ1) is 30.4. The van der Waals surface area contributed by atoms with Crippen molar-refractivity contribution in [1.29, 1.82) is 0 Å². The third kappa shape index (κ3) is 10.3. The van der Waals surface area contributed by atoms with Gasteiger partial charge in [-0.25, -0.2) is 0 Å². The van der Waals surface area contributed by atoms with Gasteiger partial charge in [0.05, 0.1) is 17.7 Å². The molecule has 0 atom stereocenters. The Bertz CT molecular complexity index is 1110. The number of hydrogen-bond donors (Lipinski definition) is 0. The van der Waals surface area contributed by atoms with Gasteiger partial charge in [-0.2, -0.15) is 0 Å². The molecule has 0 fully saturated rings. The van der Waals surface area contributed by atoms with Crippen LogP contribution in [0.4, 0.5) is 0 Å². The fourth-order valence-corrected chi connectivity index (χ4v) is 3.26. The smallest absolute Gasteiger partial charge is 0.136 e. The number of hydrogen-bond acceptors (Lipinski definition) is 3. The second kappa shape index (κ2) is 17.7. The Kier molecular flexibility index (Phi) is 15.0. The van der Waals surface area contributed by atoms with Gasteiger partial charge in [-0.05, 0) is 82.4 Å². The number of benzene rings is 1. The molecule has 1 rings (SSSR count). The van der Waals surface area contributed by atoms with E-state index in [2.05, 4.69) is 39.3 Å². The maximum atomic E-state index is 6.20. The first-order chi connectivity index (χ1) is 17.4. The Morgan fingerprint density at radius 3 is 2.53 bits per heavy atom. The fraction of sp³-hybridized carbons (Fsp3) is 0.333. The van der Waals surface area contributed by atoms with Crippen LogP contribution in [0.3, 0.4) is 0 Å². The van der Waals surface area contributed by atoms with Crippen LogP contribution in [0.1, 0.15) is 78.4 Å². The molecular formula is C33H42N2O. The van der Waals surface area contributed by atoms with Gasteiger partial charge in [0, 0.05) is 23.9 Å². The molecule has 0 amide bonds. The monoisotopic (exact) mass is 482 g/mol. The largest absolute Gasteiger partial charge is 0.464 e. The Morgan fingerprint density at radius 1 is 1.14 bits per heavy atom. The van der Waals surface area contributed by atoms with E-state index in [0.717, 1.165) is 59.4 Å². The van der Waals surface area contributed by atoms with Gasteiger partial charge in [0.1, 0.15) is 5.75 Å². The molecule has 0 aliphatic heterocycles. The lowest BCUT2D eigenvalue weighted by molar-refractivity contribution is 0.480. The van der Waals surface area contributed by atoms with Crippen LogP contribution in [-0.4, -0.2) is 18.0 Å². The van der Waals surface area contributed by atoms with Crippen LogP contribution in [0.25, 0.3) is 0 Å². The number of aliphatic imine (C=N–C) groups is 2. The SMILES string of the molecule is C#Cc1ccc(/C(CCCC)=N/C=C(/C)C=C)c(O/C=C/C(=N\CC)C(/C=C\C=C/C)=C(/C)CC)c1. The molecule has 0 saturated heterocycles. The zero-order valence-electron chi connectivity index (χ0n) is 23.0. The summed E-state index contributed by atoms with van der Waals surface area (Å²) in [5.41, 5.74) is 6.91. The molecule has 1 aromatic carbocycles. The summed E-state index contributed by atoms with van der Waals surface area (Å²) in [6, 6.07) is 5.82. The summed E-state index contributed by atoms with van der Waals surface area (Å²) in [6.45, 7) is 17.0. The summed E-state index contributed by atoms with van der Waals surface area (Å²) in [5, 5.41) is 0. The molecule has 0 N–H and O–H groups in total. The average Bonchev–Trinajstić information content (AvgIpc) is 2.90. The van der Waals surface area contributed by atoms with Gasteiger partial charge < -0.3 is 4.74 Å². The maximum absolute atomic E-state index is 6.20. The summed E-state index contributed by atoms with van der Waals surface area (Å²) in [4.78, 5) is 9.51. The van der Waals surface area contributed by atoms with Crippen molar-refractivity contribution >= 4 is 11.4 Å². The van der Waals surface area contributed by atoms with Gasteiger partial charge in [-0.1, -0.05) is 68.7 Å². The zero-order chi connectivity index (χ0) is 26.8. The molecular weight excluding hydrogens is 440 g/mol. The number of unbranched alkanes of at least 4 members (excludes halogenated alkanes) is 1. The minimum Gasteiger partial charge on any atom is -0.464 e. The highest BCUT2D eigenvalue weighted by Gasteiger charge is 2.12. The quantitative estimate of drug-likeness (QED) is 0.113. The Morgan fingerprint density at radius 2 is 1.92 bits per heavy atom. The number of ether oxygens (including phenoxy) is 1. The topological polar surface area (TPSA) is 34.0 Å². The molecule has 190 valence electrons. The summed E-state index contributed by atoms with van der Waals surface area (Å²) in [5.74, 6) is 3.39. The van der Waals surface area contributed by atoms with Crippen LogP contribution in [0.15, 0.2) is 100 Å². The normalized spacial score (nSPS) is 14.0. The molecule has 0 bridgehead atoms. The number of terminal acetylenes is 1. The van der Waals surface area contributed by atoms with E-state index in [1.807, 2.05) is 69.5 Å². The molecule has 0 aliphatic rings. The van der Waals surface area contributed by atoms with Gasteiger partial charge in [0.15, 0.2) is 0 Å². The van der Waals surface area contributed by atoms with Crippen LogP contribution >= 0.6 is 0 Å². The highest BCUT2D eigenvalue weighted by Crippen LogP contribution is 2.24. The second-order valence-electron chi connectivity index (χ2n) is 8.32. The molecule has 0 aliphatic carbocycles. The Labute approximate surface area is 219 Å². The van der Waals surface area contributed by atoms with E-state index in [0.29, 0.717) is 12.3 Å². The van der Waals surface area contributed by atoms with Gasteiger partial charge >= 0.3 is 0 Å². The molecule has 3 heteroatoms. The van der Waals surface area contributed by atoms with E-state index in [9.17, 15) is 0 Å². The Hall–Kier alpha value is -3.64. The van der Waals surface area contributed by atoms with Gasteiger partial charge in [-0.15, -0.1) is 6.42 Å². The Balaban J connectivity index is 3.49.